The van der Waals surface area contributed by atoms with Gasteiger partial charge in [0.2, 0.25) is 0 Å². The molecule has 0 aliphatic heterocycles. The van der Waals surface area contributed by atoms with Crippen molar-refractivity contribution >= 4 is 23.5 Å². The monoisotopic (exact) mass is 191 g/mol. The Kier molecular flexibility index (Phi) is 2.10. The number of aromatic nitrogens is 1. The standard InChI is InChI=1S/C10H9NOS/c1-12-8-2-3-10-7(4-8)5-9(13)6-11-10/h2-6,13H,1H3. The first-order valence-corrected chi connectivity index (χ1v) is 4.37. The first-order valence-electron chi connectivity index (χ1n) is 3.92. The minimum Gasteiger partial charge on any atom is -0.497 e. The minimum atomic E-state index is 0.841. The lowest BCUT2D eigenvalue weighted by atomic mass is 10.2. The van der Waals surface area contributed by atoms with E-state index in [1.807, 2.05) is 24.3 Å². The van der Waals surface area contributed by atoms with Gasteiger partial charge in [0.05, 0.1) is 12.6 Å². The van der Waals surface area contributed by atoms with Crippen molar-refractivity contribution in [1.29, 1.82) is 0 Å². The Morgan fingerprint density at radius 2 is 2.15 bits per heavy atom. The molecule has 3 heteroatoms. The van der Waals surface area contributed by atoms with E-state index < -0.39 is 0 Å². The highest BCUT2D eigenvalue weighted by Gasteiger charge is 1.97. The van der Waals surface area contributed by atoms with Crippen molar-refractivity contribution in [2.45, 2.75) is 4.90 Å². The normalized spacial score (nSPS) is 10.3. The van der Waals surface area contributed by atoms with E-state index in [4.69, 9.17) is 4.74 Å². The summed E-state index contributed by atoms with van der Waals surface area (Å²) < 4.78 is 5.11. The molecule has 0 amide bonds. The van der Waals surface area contributed by atoms with Crippen LogP contribution in [0.25, 0.3) is 10.9 Å². The molecule has 1 aromatic carbocycles. The summed E-state index contributed by atoms with van der Waals surface area (Å²) in [4.78, 5) is 5.09. The van der Waals surface area contributed by atoms with E-state index >= 15 is 0 Å². The third kappa shape index (κ3) is 1.60. The second-order valence-electron chi connectivity index (χ2n) is 2.75. The summed E-state index contributed by atoms with van der Waals surface area (Å²) in [7, 11) is 1.65. The summed E-state index contributed by atoms with van der Waals surface area (Å²) in [5.41, 5.74) is 0.957. The lowest BCUT2D eigenvalue weighted by Crippen LogP contribution is -1.83. The molecule has 0 atom stereocenters. The van der Waals surface area contributed by atoms with Gasteiger partial charge < -0.3 is 4.74 Å². The number of pyridine rings is 1. The minimum absolute atomic E-state index is 0.841. The maximum atomic E-state index is 5.11. The van der Waals surface area contributed by atoms with Crippen molar-refractivity contribution in [3.8, 4) is 5.75 Å². The van der Waals surface area contributed by atoms with Crippen molar-refractivity contribution in [3.05, 3.63) is 30.5 Å². The number of benzene rings is 1. The molecular weight excluding hydrogens is 182 g/mol. The molecule has 0 spiro atoms. The lowest BCUT2D eigenvalue weighted by Gasteiger charge is -2.01. The van der Waals surface area contributed by atoms with Gasteiger partial charge in [0, 0.05) is 16.5 Å². The Balaban J connectivity index is 2.68. The van der Waals surface area contributed by atoms with Crippen LogP contribution in [0.2, 0.25) is 0 Å². The van der Waals surface area contributed by atoms with E-state index in [9.17, 15) is 0 Å². The predicted octanol–water partition coefficient (Wildman–Crippen LogP) is 2.53. The second kappa shape index (κ2) is 3.26. The smallest absolute Gasteiger partial charge is 0.119 e. The van der Waals surface area contributed by atoms with Crippen LogP contribution in [0.3, 0.4) is 0 Å². The van der Waals surface area contributed by atoms with Crippen LogP contribution >= 0.6 is 12.6 Å². The number of hydrogen-bond acceptors (Lipinski definition) is 3. The molecule has 0 saturated heterocycles. The summed E-state index contributed by atoms with van der Waals surface area (Å²) in [6, 6.07) is 7.74. The average Bonchev–Trinajstić information content (AvgIpc) is 2.16. The maximum Gasteiger partial charge on any atom is 0.119 e. The number of nitrogens with zero attached hydrogens (tertiary/aromatic N) is 1. The third-order valence-corrected chi connectivity index (χ3v) is 2.12. The summed E-state index contributed by atoms with van der Waals surface area (Å²) in [6.07, 6.45) is 1.73. The zero-order chi connectivity index (χ0) is 9.26. The van der Waals surface area contributed by atoms with Gasteiger partial charge in [-0.25, -0.2) is 0 Å². The van der Waals surface area contributed by atoms with Gasteiger partial charge in [0.25, 0.3) is 0 Å². The van der Waals surface area contributed by atoms with Crippen molar-refractivity contribution in [2.24, 2.45) is 0 Å². The van der Waals surface area contributed by atoms with Gasteiger partial charge in [-0.05, 0) is 24.3 Å². The first kappa shape index (κ1) is 8.38. The third-order valence-electron chi connectivity index (χ3n) is 1.87. The summed E-state index contributed by atoms with van der Waals surface area (Å²) in [5, 5.41) is 1.05. The largest absolute Gasteiger partial charge is 0.497 e. The van der Waals surface area contributed by atoms with Gasteiger partial charge >= 0.3 is 0 Å². The average molecular weight is 191 g/mol. The van der Waals surface area contributed by atoms with E-state index in [2.05, 4.69) is 17.6 Å². The van der Waals surface area contributed by atoms with E-state index in [1.165, 1.54) is 0 Å². The van der Waals surface area contributed by atoms with Crippen LogP contribution in [0.5, 0.6) is 5.75 Å². The second-order valence-corrected chi connectivity index (χ2v) is 3.27. The molecule has 0 unspecified atom stereocenters. The lowest BCUT2D eigenvalue weighted by molar-refractivity contribution is 0.415. The van der Waals surface area contributed by atoms with Crippen molar-refractivity contribution < 1.29 is 4.74 Å². The molecule has 0 saturated carbocycles. The van der Waals surface area contributed by atoms with Gasteiger partial charge in [-0.2, -0.15) is 0 Å². The highest BCUT2D eigenvalue weighted by Crippen LogP contribution is 2.20. The SMILES string of the molecule is COc1ccc2ncc(S)cc2c1. The van der Waals surface area contributed by atoms with Gasteiger partial charge in [-0.15, -0.1) is 12.6 Å². The molecule has 0 aliphatic rings. The van der Waals surface area contributed by atoms with Crippen molar-refractivity contribution in [3.63, 3.8) is 0 Å². The molecule has 66 valence electrons. The molecule has 2 aromatic rings. The van der Waals surface area contributed by atoms with Gasteiger partial charge in [-0.3, -0.25) is 4.98 Å². The van der Waals surface area contributed by atoms with Crippen molar-refractivity contribution in [2.75, 3.05) is 7.11 Å². The van der Waals surface area contributed by atoms with Gasteiger partial charge in [-0.1, -0.05) is 0 Å². The first-order chi connectivity index (χ1) is 6.29. The van der Waals surface area contributed by atoms with Crippen LogP contribution < -0.4 is 4.74 Å². The number of thiol groups is 1. The van der Waals surface area contributed by atoms with E-state index in [1.54, 1.807) is 13.3 Å². The summed E-state index contributed by atoms with van der Waals surface area (Å²) >= 11 is 4.22. The summed E-state index contributed by atoms with van der Waals surface area (Å²) in [6.45, 7) is 0. The van der Waals surface area contributed by atoms with E-state index in [-0.39, 0.29) is 0 Å². The Hall–Kier alpha value is -1.22. The Labute approximate surface area is 82.0 Å². The molecule has 2 nitrogen and oxygen atoms in total. The molecule has 0 radical (unpaired) electrons. The predicted molar refractivity (Wildman–Crippen MR) is 55.5 cm³/mol. The van der Waals surface area contributed by atoms with Crippen LogP contribution in [0.15, 0.2) is 35.4 Å². The van der Waals surface area contributed by atoms with Crippen molar-refractivity contribution in [1.82, 2.24) is 4.98 Å². The number of ether oxygens (including phenoxy) is 1. The molecule has 0 fully saturated rings. The zero-order valence-electron chi connectivity index (χ0n) is 7.19. The Morgan fingerprint density at radius 1 is 1.31 bits per heavy atom. The fraction of sp³-hybridized carbons (Fsp3) is 0.100. The summed E-state index contributed by atoms with van der Waals surface area (Å²) in [5.74, 6) is 0.841. The molecule has 0 bridgehead atoms. The number of rotatable bonds is 1. The van der Waals surface area contributed by atoms with Crippen LogP contribution in [0.4, 0.5) is 0 Å². The van der Waals surface area contributed by atoms with E-state index in [0.717, 1.165) is 21.5 Å². The number of hydrogen-bond donors (Lipinski definition) is 1. The number of methoxy groups -OCH3 is 1. The topological polar surface area (TPSA) is 22.1 Å². The van der Waals surface area contributed by atoms with Crippen LogP contribution in [-0.4, -0.2) is 12.1 Å². The molecule has 1 heterocycles. The zero-order valence-corrected chi connectivity index (χ0v) is 8.08. The highest BCUT2D eigenvalue weighted by molar-refractivity contribution is 7.80. The highest BCUT2D eigenvalue weighted by atomic mass is 32.1. The van der Waals surface area contributed by atoms with Gasteiger partial charge in [0.1, 0.15) is 5.75 Å². The quantitative estimate of drug-likeness (QED) is 0.700. The number of fused-ring (bicyclic) bond motifs is 1. The van der Waals surface area contributed by atoms with E-state index in [0.29, 0.717) is 0 Å². The van der Waals surface area contributed by atoms with Crippen LogP contribution in [-0.2, 0) is 0 Å². The fourth-order valence-electron chi connectivity index (χ4n) is 1.23. The molecular formula is C10H9NOS. The molecule has 2 rings (SSSR count). The fourth-order valence-corrected chi connectivity index (χ4v) is 1.42. The Morgan fingerprint density at radius 3 is 2.92 bits per heavy atom. The van der Waals surface area contributed by atoms with Gasteiger partial charge in [0.15, 0.2) is 0 Å². The molecule has 0 aliphatic carbocycles. The molecule has 0 N–H and O–H groups in total. The maximum absolute atomic E-state index is 5.11. The molecule has 1 aromatic heterocycles. The van der Waals surface area contributed by atoms with Crippen LogP contribution in [0.1, 0.15) is 0 Å². The van der Waals surface area contributed by atoms with Crippen LogP contribution in [0, 0.1) is 0 Å². The Bertz CT molecular complexity index is 442. The molecule has 13 heavy (non-hydrogen) atoms.